The van der Waals surface area contributed by atoms with Crippen molar-refractivity contribution in [1.82, 2.24) is 0 Å². The first-order valence-electron chi connectivity index (χ1n) is 8.29. The first kappa shape index (κ1) is 18.7. The zero-order chi connectivity index (χ0) is 16.2. The van der Waals surface area contributed by atoms with Crippen LogP contribution in [0.15, 0.2) is 24.3 Å². The molecule has 1 rings (SSSR count). The lowest BCUT2D eigenvalue weighted by molar-refractivity contribution is 0.0498. The largest absolute Gasteiger partial charge is 0.489 e. The molecule has 122 valence electrons. The Morgan fingerprint density at radius 3 is 2.23 bits per heavy atom. The zero-order valence-corrected chi connectivity index (χ0v) is 13.5. The van der Waals surface area contributed by atoms with Crippen molar-refractivity contribution in [3.8, 4) is 0 Å². The molecule has 0 aliphatic heterocycles. The first-order chi connectivity index (χ1) is 10.7. The predicted molar refractivity (Wildman–Crippen MR) is 89.2 cm³/mol. The summed E-state index contributed by atoms with van der Waals surface area (Å²) in [7, 11) is -1.66. The third-order valence-corrected chi connectivity index (χ3v) is 3.69. The summed E-state index contributed by atoms with van der Waals surface area (Å²) in [6.07, 6.45) is 9.50. The Hall–Kier alpha value is -1.33. The Kier molecular flexibility index (Phi) is 9.59. The number of rotatable bonds is 11. The van der Waals surface area contributed by atoms with Crippen LogP contribution in [0.3, 0.4) is 0 Å². The summed E-state index contributed by atoms with van der Waals surface area (Å²) in [6.45, 7) is 2.59. The molecule has 0 saturated carbocycles. The minimum atomic E-state index is -1.66. The van der Waals surface area contributed by atoms with Gasteiger partial charge in [-0.15, -0.1) is 0 Å². The molecule has 0 aliphatic carbocycles. The Morgan fingerprint density at radius 2 is 1.59 bits per heavy atom. The molecule has 1 aromatic carbocycles. The molecule has 0 aliphatic rings. The molecule has 0 heterocycles. The number of carbonyl (C=O) groups is 1. The number of esters is 1. The molecule has 0 amide bonds. The van der Waals surface area contributed by atoms with E-state index in [4.69, 9.17) is 4.74 Å². The molecule has 22 heavy (non-hydrogen) atoms. The highest BCUT2D eigenvalue weighted by Crippen LogP contribution is 2.09. The van der Waals surface area contributed by atoms with Gasteiger partial charge in [-0.3, -0.25) is 0 Å². The molecule has 2 N–H and O–H groups in total. The fourth-order valence-electron chi connectivity index (χ4n) is 2.39. The van der Waals surface area contributed by atoms with Crippen LogP contribution in [-0.2, 0) is 4.74 Å². The second-order valence-corrected chi connectivity index (χ2v) is 5.57. The molecule has 0 radical (unpaired) electrons. The number of unbranched alkanes of at least 4 members (excludes halogenated alkanes) is 7. The number of ether oxygens (including phenoxy) is 1. The quantitative estimate of drug-likeness (QED) is 0.375. The minimum Gasteiger partial charge on any atom is -0.462 e. The maximum absolute atomic E-state index is 11.9. The summed E-state index contributed by atoms with van der Waals surface area (Å²) in [4.78, 5) is 11.9. The van der Waals surface area contributed by atoms with Gasteiger partial charge in [0.05, 0.1) is 12.2 Å². The van der Waals surface area contributed by atoms with E-state index in [9.17, 15) is 14.8 Å². The van der Waals surface area contributed by atoms with E-state index in [1.54, 1.807) is 18.2 Å². The Morgan fingerprint density at radius 1 is 1.00 bits per heavy atom. The molecule has 0 saturated heterocycles. The maximum atomic E-state index is 11.9. The van der Waals surface area contributed by atoms with Crippen LogP contribution in [0, 0.1) is 0 Å². The van der Waals surface area contributed by atoms with Crippen LogP contribution in [-0.4, -0.2) is 29.7 Å². The van der Waals surface area contributed by atoms with E-state index < -0.39 is 13.1 Å². The van der Waals surface area contributed by atoms with Crippen molar-refractivity contribution in [2.45, 2.75) is 58.3 Å². The van der Waals surface area contributed by atoms with Gasteiger partial charge in [0.1, 0.15) is 0 Å². The number of carbonyl (C=O) groups excluding carboxylic acids is 1. The van der Waals surface area contributed by atoms with Crippen LogP contribution in [0.2, 0.25) is 0 Å². The van der Waals surface area contributed by atoms with E-state index >= 15 is 0 Å². The molecule has 4 nitrogen and oxygen atoms in total. The molecule has 1 aromatic rings. The van der Waals surface area contributed by atoms with E-state index in [1.165, 1.54) is 44.6 Å². The summed E-state index contributed by atoms with van der Waals surface area (Å²) >= 11 is 0. The van der Waals surface area contributed by atoms with Gasteiger partial charge in [-0.1, -0.05) is 70.1 Å². The molecule has 0 unspecified atom stereocenters. The lowest BCUT2D eigenvalue weighted by Gasteiger charge is -2.09. The van der Waals surface area contributed by atoms with Gasteiger partial charge >= 0.3 is 13.1 Å². The number of benzene rings is 1. The summed E-state index contributed by atoms with van der Waals surface area (Å²) in [5.41, 5.74) is 0.403. The third kappa shape index (κ3) is 7.10. The van der Waals surface area contributed by atoms with Gasteiger partial charge in [0.2, 0.25) is 0 Å². The normalized spacial score (nSPS) is 10.5. The average Bonchev–Trinajstić information content (AvgIpc) is 2.53. The molecule has 0 aromatic heterocycles. The minimum absolute atomic E-state index is 0.184. The van der Waals surface area contributed by atoms with Gasteiger partial charge in [0.15, 0.2) is 0 Å². The van der Waals surface area contributed by atoms with E-state index in [0.717, 1.165) is 12.8 Å². The van der Waals surface area contributed by atoms with E-state index in [2.05, 4.69) is 6.92 Å². The van der Waals surface area contributed by atoms with E-state index in [-0.39, 0.29) is 11.0 Å². The summed E-state index contributed by atoms with van der Waals surface area (Å²) < 4.78 is 5.20. The molecule has 5 heteroatoms. The van der Waals surface area contributed by atoms with Gasteiger partial charge < -0.3 is 14.8 Å². The molecular formula is C17H27BO4. The van der Waals surface area contributed by atoms with Gasteiger partial charge in [-0.25, -0.2) is 4.79 Å². The second kappa shape index (κ2) is 11.3. The van der Waals surface area contributed by atoms with E-state index in [1.807, 2.05) is 0 Å². The topological polar surface area (TPSA) is 66.8 Å². The van der Waals surface area contributed by atoms with Crippen LogP contribution in [0.1, 0.15) is 68.6 Å². The smallest absolute Gasteiger partial charge is 0.462 e. The first-order valence-corrected chi connectivity index (χ1v) is 8.29. The average molecular weight is 306 g/mol. The molecule has 0 bridgehead atoms. The van der Waals surface area contributed by atoms with Gasteiger partial charge in [-0.2, -0.15) is 0 Å². The van der Waals surface area contributed by atoms with Gasteiger partial charge in [0, 0.05) is 0 Å². The fourth-order valence-corrected chi connectivity index (χ4v) is 2.39. The Balaban J connectivity index is 2.19. The standard InChI is InChI=1S/C17H27BO4/c1-2-3-4-5-6-7-8-11-14-22-17(19)15-12-9-10-13-16(15)18(20)21/h9-10,12-13,20-21H,2-8,11,14H2,1H3. The zero-order valence-electron chi connectivity index (χ0n) is 13.5. The van der Waals surface area contributed by atoms with Crippen molar-refractivity contribution in [3.05, 3.63) is 29.8 Å². The SMILES string of the molecule is CCCCCCCCCCOC(=O)c1ccccc1B(O)O. The molecule has 0 fully saturated rings. The van der Waals surface area contributed by atoms with Gasteiger partial charge in [0.25, 0.3) is 0 Å². The van der Waals surface area contributed by atoms with Crippen molar-refractivity contribution in [1.29, 1.82) is 0 Å². The predicted octanol–water partition coefficient (Wildman–Crippen LogP) is 2.66. The monoisotopic (exact) mass is 306 g/mol. The Bertz CT molecular complexity index is 434. The van der Waals surface area contributed by atoms with Crippen LogP contribution in [0.4, 0.5) is 0 Å². The van der Waals surface area contributed by atoms with Crippen LogP contribution in [0.5, 0.6) is 0 Å². The van der Waals surface area contributed by atoms with Crippen LogP contribution in [0.25, 0.3) is 0 Å². The van der Waals surface area contributed by atoms with Crippen molar-refractivity contribution < 1.29 is 19.6 Å². The molecule has 0 atom stereocenters. The fraction of sp³-hybridized carbons (Fsp3) is 0.588. The molecule has 0 spiro atoms. The van der Waals surface area contributed by atoms with Crippen molar-refractivity contribution in [2.24, 2.45) is 0 Å². The number of hydrogen-bond acceptors (Lipinski definition) is 4. The van der Waals surface area contributed by atoms with Crippen molar-refractivity contribution in [3.63, 3.8) is 0 Å². The highest BCUT2D eigenvalue weighted by atomic mass is 16.5. The summed E-state index contributed by atoms with van der Waals surface area (Å²) in [6, 6.07) is 6.39. The highest BCUT2D eigenvalue weighted by molar-refractivity contribution is 6.60. The summed E-state index contributed by atoms with van der Waals surface area (Å²) in [5, 5.41) is 18.5. The third-order valence-electron chi connectivity index (χ3n) is 3.69. The Labute approximate surface area is 133 Å². The second-order valence-electron chi connectivity index (χ2n) is 5.57. The van der Waals surface area contributed by atoms with Crippen LogP contribution >= 0.6 is 0 Å². The maximum Gasteiger partial charge on any atom is 0.489 e. The molecular weight excluding hydrogens is 279 g/mol. The van der Waals surface area contributed by atoms with Gasteiger partial charge in [-0.05, 0) is 17.9 Å². The van der Waals surface area contributed by atoms with E-state index in [0.29, 0.717) is 6.61 Å². The summed E-state index contributed by atoms with van der Waals surface area (Å²) in [5.74, 6) is -0.494. The lowest BCUT2D eigenvalue weighted by atomic mass is 9.77. The van der Waals surface area contributed by atoms with Crippen molar-refractivity contribution >= 4 is 18.6 Å². The highest BCUT2D eigenvalue weighted by Gasteiger charge is 2.20. The van der Waals surface area contributed by atoms with Crippen LogP contribution < -0.4 is 5.46 Å². The lowest BCUT2D eigenvalue weighted by Crippen LogP contribution is -2.35. The number of hydrogen-bond donors (Lipinski definition) is 2. The van der Waals surface area contributed by atoms with Crippen molar-refractivity contribution in [2.75, 3.05) is 6.61 Å².